The van der Waals surface area contributed by atoms with Gasteiger partial charge in [-0.2, -0.15) is 0 Å². The summed E-state index contributed by atoms with van der Waals surface area (Å²) in [7, 11) is 0. The Kier molecular flexibility index (Phi) is 9.02. The van der Waals surface area contributed by atoms with E-state index in [1.54, 1.807) is 23.0 Å². The summed E-state index contributed by atoms with van der Waals surface area (Å²) >= 11 is 0. The number of nitrogens with one attached hydrogen (secondary N) is 2. The van der Waals surface area contributed by atoms with Gasteiger partial charge in [-0.3, -0.25) is 23.7 Å². The summed E-state index contributed by atoms with van der Waals surface area (Å²) in [6.07, 6.45) is 10.9. The van der Waals surface area contributed by atoms with Gasteiger partial charge in [0.05, 0.1) is 0 Å². The van der Waals surface area contributed by atoms with Crippen LogP contribution in [-0.2, 0) is 24.3 Å². The highest BCUT2D eigenvalue weighted by Crippen LogP contribution is 2.20. The third-order valence-corrected chi connectivity index (χ3v) is 6.38. The summed E-state index contributed by atoms with van der Waals surface area (Å²) < 4.78 is 2.93. The van der Waals surface area contributed by atoms with Crippen molar-refractivity contribution in [1.82, 2.24) is 29.4 Å². The average Bonchev–Trinajstić information content (AvgIpc) is 3.38. The van der Waals surface area contributed by atoms with E-state index in [0.717, 1.165) is 48.8 Å². The van der Waals surface area contributed by atoms with Crippen molar-refractivity contribution in [2.24, 2.45) is 0 Å². The van der Waals surface area contributed by atoms with Crippen LogP contribution in [0.2, 0.25) is 0 Å². The van der Waals surface area contributed by atoms with Crippen molar-refractivity contribution in [3.63, 3.8) is 0 Å². The van der Waals surface area contributed by atoms with Gasteiger partial charge in [0.2, 0.25) is 5.91 Å². The Hall–Kier alpha value is -4.27. The molecule has 0 bridgehead atoms. The molecule has 1 amide bonds. The van der Waals surface area contributed by atoms with E-state index < -0.39 is 0 Å². The molecule has 9 heteroatoms. The second-order valence-electron chi connectivity index (χ2n) is 9.24. The van der Waals surface area contributed by atoms with Crippen LogP contribution in [0.3, 0.4) is 0 Å². The number of benzene rings is 1. The first kappa shape index (κ1) is 26.8. The van der Waals surface area contributed by atoms with Crippen LogP contribution in [-0.4, -0.2) is 36.5 Å². The predicted molar refractivity (Wildman–Crippen MR) is 150 cm³/mol. The van der Waals surface area contributed by atoms with Gasteiger partial charge in [-0.15, -0.1) is 0 Å². The molecule has 0 radical (unpaired) electrons. The third kappa shape index (κ3) is 6.34. The summed E-state index contributed by atoms with van der Waals surface area (Å²) in [6.45, 7) is 5.53. The number of nitrogens with zero attached hydrogens (tertiary/aromatic N) is 4. The number of amides is 1. The lowest BCUT2D eigenvalue weighted by Gasteiger charge is -2.10. The Morgan fingerprint density at radius 3 is 2.45 bits per heavy atom. The lowest BCUT2D eigenvalue weighted by molar-refractivity contribution is -0.116. The van der Waals surface area contributed by atoms with Crippen LogP contribution < -0.4 is 16.6 Å². The van der Waals surface area contributed by atoms with Gasteiger partial charge in [-0.25, -0.2) is 9.78 Å². The molecule has 0 aliphatic carbocycles. The molecule has 1 aromatic carbocycles. The van der Waals surface area contributed by atoms with Crippen LogP contribution in [0.4, 0.5) is 0 Å². The van der Waals surface area contributed by atoms with E-state index in [9.17, 15) is 14.4 Å². The maximum Gasteiger partial charge on any atom is 0.332 e. The number of aryl methyl sites for hydroxylation is 1. The molecule has 0 fully saturated rings. The SMILES string of the molecule is CCCCn1c(=O)c2[nH]c(-c3ccc(/C=C/C(=O)NCCc4cccnc4)cc3)nc2n(CCCC)c1=O. The molecule has 4 aromatic rings. The van der Waals surface area contributed by atoms with Gasteiger partial charge in [-0.1, -0.05) is 57.0 Å². The number of unbranched alkanes of at least 4 members (excludes halogenated alkanes) is 2. The van der Waals surface area contributed by atoms with Gasteiger partial charge in [0, 0.05) is 43.7 Å². The number of aromatic nitrogens is 5. The van der Waals surface area contributed by atoms with Crippen molar-refractivity contribution in [1.29, 1.82) is 0 Å². The number of fused-ring (bicyclic) bond motifs is 1. The van der Waals surface area contributed by atoms with E-state index in [1.165, 1.54) is 10.6 Å². The Morgan fingerprint density at radius 1 is 1.03 bits per heavy atom. The number of rotatable bonds is 12. The second kappa shape index (κ2) is 12.8. The van der Waals surface area contributed by atoms with E-state index in [2.05, 4.69) is 27.2 Å². The number of aromatic amines is 1. The molecule has 3 aromatic heterocycles. The fourth-order valence-corrected chi connectivity index (χ4v) is 4.19. The third-order valence-electron chi connectivity index (χ3n) is 6.38. The normalized spacial score (nSPS) is 11.4. The van der Waals surface area contributed by atoms with E-state index >= 15 is 0 Å². The standard InChI is InChI=1S/C29H34N6O3/c1-3-5-18-34-27-25(28(37)35(29(34)38)19-6-4-2)32-26(33-27)23-12-9-21(10-13-23)11-14-24(36)31-17-15-22-8-7-16-30-20-22/h7-14,16,20H,3-6,15,17-19H2,1-2H3,(H,31,36)(H,32,33)/b14-11+. The number of hydrogen-bond acceptors (Lipinski definition) is 5. The Balaban J connectivity index is 1.50. The van der Waals surface area contributed by atoms with Crippen LogP contribution in [0, 0.1) is 0 Å². The second-order valence-corrected chi connectivity index (χ2v) is 9.24. The lowest BCUT2D eigenvalue weighted by atomic mass is 10.1. The van der Waals surface area contributed by atoms with Gasteiger partial charge in [-0.05, 0) is 42.5 Å². The Bertz CT molecular complexity index is 1510. The number of H-pyrrole nitrogens is 1. The van der Waals surface area contributed by atoms with Crippen molar-refractivity contribution in [2.75, 3.05) is 6.54 Å². The van der Waals surface area contributed by atoms with Gasteiger partial charge in [0.25, 0.3) is 5.56 Å². The number of carbonyl (C=O) groups is 1. The van der Waals surface area contributed by atoms with Crippen molar-refractivity contribution in [2.45, 2.75) is 59.0 Å². The molecule has 9 nitrogen and oxygen atoms in total. The summed E-state index contributed by atoms with van der Waals surface area (Å²) in [5.74, 6) is 0.360. The molecule has 2 N–H and O–H groups in total. The smallest absolute Gasteiger partial charge is 0.332 e. The molecule has 0 saturated carbocycles. The minimum absolute atomic E-state index is 0.167. The van der Waals surface area contributed by atoms with Crippen molar-refractivity contribution in [3.8, 4) is 11.4 Å². The zero-order chi connectivity index (χ0) is 26.9. The first-order valence-electron chi connectivity index (χ1n) is 13.2. The topological polar surface area (TPSA) is 115 Å². The molecular formula is C29H34N6O3. The number of carbonyl (C=O) groups excluding carboxylic acids is 1. The maximum absolute atomic E-state index is 13.1. The molecule has 38 heavy (non-hydrogen) atoms. The average molecular weight is 515 g/mol. The van der Waals surface area contributed by atoms with Gasteiger partial charge in [0.1, 0.15) is 11.3 Å². The van der Waals surface area contributed by atoms with E-state index in [-0.39, 0.29) is 17.2 Å². The lowest BCUT2D eigenvalue weighted by Crippen LogP contribution is -2.40. The van der Waals surface area contributed by atoms with Crippen molar-refractivity contribution < 1.29 is 4.79 Å². The molecule has 198 valence electrons. The predicted octanol–water partition coefficient (Wildman–Crippen LogP) is 3.92. The van der Waals surface area contributed by atoms with E-state index in [0.29, 0.717) is 36.6 Å². The highest BCUT2D eigenvalue weighted by molar-refractivity contribution is 5.91. The minimum Gasteiger partial charge on any atom is -0.352 e. The van der Waals surface area contributed by atoms with E-state index in [4.69, 9.17) is 0 Å². The molecule has 4 rings (SSSR count). The van der Waals surface area contributed by atoms with Gasteiger partial charge in [0.15, 0.2) is 5.65 Å². The first-order chi connectivity index (χ1) is 18.5. The molecule has 0 aliphatic heterocycles. The fourth-order valence-electron chi connectivity index (χ4n) is 4.19. The molecule has 0 atom stereocenters. The van der Waals surface area contributed by atoms with Crippen LogP contribution in [0.25, 0.3) is 28.6 Å². The number of pyridine rings is 1. The van der Waals surface area contributed by atoms with Crippen molar-refractivity contribution in [3.05, 3.63) is 86.8 Å². The van der Waals surface area contributed by atoms with Gasteiger partial charge >= 0.3 is 5.69 Å². The van der Waals surface area contributed by atoms with Crippen LogP contribution in [0.15, 0.2) is 64.5 Å². The zero-order valence-electron chi connectivity index (χ0n) is 21.9. The largest absolute Gasteiger partial charge is 0.352 e. The zero-order valence-corrected chi connectivity index (χ0v) is 21.9. The molecule has 3 heterocycles. The van der Waals surface area contributed by atoms with E-state index in [1.807, 2.05) is 43.3 Å². The molecular weight excluding hydrogens is 480 g/mol. The van der Waals surface area contributed by atoms with Crippen molar-refractivity contribution >= 4 is 23.1 Å². The number of hydrogen-bond donors (Lipinski definition) is 2. The molecule has 0 unspecified atom stereocenters. The highest BCUT2D eigenvalue weighted by Gasteiger charge is 2.17. The maximum atomic E-state index is 13.1. The quantitative estimate of drug-likeness (QED) is 0.278. The highest BCUT2D eigenvalue weighted by atomic mass is 16.2. The minimum atomic E-state index is -0.334. The summed E-state index contributed by atoms with van der Waals surface area (Å²) in [4.78, 5) is 50.3. The Morgan fingerprint density at radius 2 is 1.76 bits per heavy atom. The summed E-state index contributed by atoms with van der Waals surface area (Å²) in [6, 6.07) is 11.4. The van der Waals surface area contributed by atoms with Gasteiger partial charge < -0.3 is 10.3 Å². The Labute approximate surface area is 221 Å². The molecule has 0 aliphatic rings. The fraction of sp³-hybridized carbons (Fsp3) is 0.345. The monoisotopic (exact) mass is 514 g/mol. The summed E-state index contributed by atoms with van der Waals surface area (Å²) in [5.41, 5.74) is 2.81. The summed E-state index contributed by atoms with van der Waals surface area (Å²) in [5, 5.41) is 2.87. The van der Waals surface area contributed by atoms with Crippen LogP contribution in [0.5, 0.6) is 0 Å². The molecule has 0 saturated heterocycles. The molecule has 0 spiro atoms. The van der Waals surface area contributed by atoms with Crippen LogP contribution >= 0.6 is 0 Å². The number of imidazole rings is 1. The first-order valence-corrected chi connectivity index (χ1v) is 13.2. The van der Waals surface area contributed by atoms with Crippen LogP contribution in [0.1, 0.15) is 50.7 Å².